The van der Waals surface area contributed by atoms with E-state index in [0.29, 0.717) is 13.2 Å². The van der Waals surface area contributed by atoms with Gasteiger partial charge < -0.3 is 14.8 Å². The Bertz CT molecular complexity index is 381. The van der Waals surface area contributed by atoms with Gasteiger partial charge in [0.25, 0.3) is 0 Å². The molecule has 0 aromatic heterocycles. The van der Waals surface area contributed by atoms with E-state index in [4.69, 9.17) is 9.47 Å². The van der Waals surface area contributed by atoms with Crippen LogP contribution in [-0.4, -0.2) is 33.5 Å². The van der Waals surface area contributed by atoms with Gasteiger partial charge in [-0.3, -0.25) is 0 Å². The van der Waals surface area contributed by atoms with Crippen LogP contribution in [0.5, 0.6) is 0 Å². The van der Waals surface area contributed by atoms with Crippen molar-refractivity contribution in [1.29, 1.82) is 0 Å². The fourth-order valence-electron chi connectivity index (χ4n) is 2.10. The summed E-state index contributed by atoms with van der Waals surface area (Å²) < 4.78 is 10.9. The lowest BCUT2D eigenvalue weighted by Crippen LogP contribution is -2.26. The van der Waals surface area contributed by atoms with Crippen LogP contribution in [0.4, 0.5) is 0 Å². The first kappa shape index (κ1) is 17.2. The van der Waals surface area contributed by atoms with Crippen molar-refractivity contribution in [1.82, 2.24) is 5.32 Å². The van der Waals surface area contributed by atoms with E-state index in [-0.39, 0.29) is 17.6 Å². The Hall–Kier alpha value is -0.900. The van der Waals surface area contributed by atoms with Gasteiger partial charge in [-0.25, -0.2) is 0 Å². The Labute approximate surface area is 123 Å². The standard InChI is InChI=1S/C17H29NO2/c1-13(11-19-6)20-12-16(18-5)14-7-9-15(10-8-14)17(2,3)4/h7-10,13,16,18H,11-12H2,1-6H3. The first-order chi connectivity index (χ1) is 9.38. The molecule has 2 atom stereocenters. The first-order valence-corrected chi connectivity index (χ1v) is 7.26. The first-order valence-electron chi connectivity index (χ1n) is 7.26. The van der Waals surface area contributed by atoms with Crippen molar-refractivity contribution in [3.8, 4) is 0 Å². The molecule has 3 heteroatoms. The monoisotopic (exact) mass is 279 g/mol. The van der Waals surface area contributed by atoms with Crippen molar-refractivity contribution in [2.75, 3.05) is 27.4 Å². The number of benzene rings is 1. The van der Waals surface area contributed by atoms with E-state index in [9.17, 15) is 0 Å². The van der Waals surface area contributed by atoms with Crippen LogP contribution >= 0.6 is 0 Å². The SMILES string of the molecule is CNC(COC(C)COC)c1ccc(C(C)(C)C)cc1. The van der Waals surface area contributed by atoms with Crippen molar-refractivity contribution in [3.63, 3.8) is 0 Å². The summed E-state index contributed by atoms with van der Waals surface area (Å²) in [6.07, 6.45) is 0.115. The van der Waals surface area contributed by atoms with E-state index < -0.39 is 0 Å². The van der Waals surface area contributed by atoms with Crippen LogP contribution in [0.15, 0.2) is 24.3 Å². The summed E-state index contributed by atoms with van der Waals surface area (Å²) in [5.41, 5.74) is 2.80. The fraction of sp³-hybridized carbons (Fsp3) is 0.647. The van der Waals surface area contributed by atoms with E-state index in [1.165, 1.54) is 11.1 Å². The number of rotatable bonds is 7. The van der Waals surface area contributed by atoms with Gasteiger partial charge in [0.2, 0.25) is 0 Å². The Kier molecular flexibility index (Phi) is 6.66. The molecule has 0 aliphatic rings. The summed E-state index contributed by atoms with van der Waals surface area (Å²) in [6, 6.07) is 9.00. The summed E-state index contributed by atoms with van der Waals surface area (Å²) in [4.78, 5) is 0. The molecule has 0 spiro atoms. The zero-order chi connectivity index (χ0) is 15.2. The molecule has 0 bridgehead atoms. The molecule has 0 heterocycles. The average Bonchev–Trinajstić information content (AvgIpc) is 2.39. The second-order valence-electron chi connectivity index (χ2n) is 6.31. The molecule has 0 saturated heterocycles. The molecular formula is C17H29NO2. The summed E-state index contributed by atoms with van der Waals surface area (Å²) in [5, 5.41) is 3.31. The van der Waals surface area contributed by atoms with Crippen molar-refractivity contribution >= 4 is 0 Å². The Morgan fingerprint density at radius 1 is 1.10 bits per heavy atom. The van der Waals surface area contributed by atoms with Crippen LogP contribution in [0.3, 0.4) is 0 Å². The van der Waals surface area contributed by atoms with Gasteiger partial charge in [0.15, 0.2) is 0 Å². The van der Waals surface area contributed by atoms with Crippen LogP contribution in [-0.2, 0) is 14.9 Å². The van der Waals surface area contributed by atoms with Crippen LogP contribution in [0.2, 0.25) is 0 Å². The second-order valence-corrected chi connectivity index (χ2v) is 6.31. The molecule has 20 heavy (non-hydrogen) atoms. The topological polar surface area (TPSA) is 30.5 Å². The normalized spacial score (nSPS) is 15.1. The molecule has 0 aliphatic heterocycles. The lowest BCUT2D eigenvalue weighted by molar-refractivity contribution is 0.000209. The van der Waals surface area contributed by atoms with Crippen LogP contribution in [0.25, 0.3) is 0 Å². The highest BCUT2D eigenvalue weighted by atomic mass is 16.5. The van der Waals surface area contributed by atoms with Gasteiger partial charge in [-0.15, -0.1) is 0 Å². The van der Waals surface area contributed by atoms with Gasteiger partial charge in [0.05, 0.1) is 25.4 Å². The third kappa shape index (κ3) is 5.23. The molecular weight excluding hydrogens is 250 g/mol. The number of likely N-dealkylation sites (N-methyl/N-ethyl adjacent to an activating group) is 1. The molecule has 114 valence electrons. The minimum absolute atomic E-state index is 0.115. The molecule has 1 N–H and O–H groups in total. The third-order valence-corrected chi connectivity index (χ3v) is 3.48. The number of hydrogen-bond acceptors (Lipinski definition) is 3. The summed E-state index contributed by atoms with van der Waals surface area (Å²) in [6.45, 7) is 9.99. The molecule has 0 amide bonds. The van der Waals surface area contributed by atoms with E-state index in [1.807, 2.05) is 14.0 Å². The molecule has 1 rings (SSSR count). The van der Waals surface area contributed by atoms with E-state index in [1.54, 1.807) is 7.11 Å². The minimum atomic E-state index is 0.115. The van der Waals surface area contributed by atoms with Gasteiger partial charge >= 0.3 is 0 Å². The Balaban J connectivity index is 2.66. The lowest BCUT2D eigenvalue weighted by atomic mass is 9.86. The molecule has 2 unspecified atom stereocenters. The lowest BCUT2D eigenvalue weighted by Gasteiger charge is -2.22. The molecule has 0 radical (unpaired) electrons. The van der Waals surface area contributed by atoms with Crippen LogP contribution in [0, 0.1) is 0 Å². The molecule has 0 fully saturated rings. The zero-order valence-corrected chi connectivity index (χ0v) is 13.7. The van der Waals surface area contributed by atoms with Crippen molar-refractivity contribution < 1.29 is 9.47 Å². The zero-order valence-electron chi connectivity index (χ0n) is 13.7. The number of nitrogens with one attached hydrogen (secondary N) is 1. The quantitative estimate of drug-likeness (QED) is 0.830. The highest BCUT2D eigenvalue weighted by Crippen LogP contribution is 2.24. The smallest absolute Gasteiger partial charge is 0.0781 e. The number of hydrogen-bond donors (Lipinski definition) is 1. The van der Waals surface area contributed by atoms with E-state index in [2.05, 4.69) is 50.4 Å². The highest BCUT2D eigenvalue weighted by Gasteiger charge is 2.15. The molecule has 0 aliphatic carbocycles. The van der Waals surface area contributed by atoms with Crippen LogP contribution < -0.4 is 5.32 Å². The highest BCUT2D eigenvalue weighted by molar-refractivity contribution is 5.29. The van der Waals surface area contributed by atoms with Gasteiger partial charge in [-0.2, -0.15) is 0 Å². The molecule has 0 saturated carbocycles. The summed E-state index contributed by atoms with van der Waals surface area (Å²) >= 11 is 0. The van der Waals surface area contributed by atoms with Gasteiger partial charge in [0, 0.05) is 7.11 Å². The third-order valence-electron chi connectivity index (χ3n) is 3.48. The largest absolute Gasteiger partial charge is 0.382 e. The van der Waals surface area contributed by atoms with Crippen molar-refractivity contribution in [3.05, 3.63) is 35.4 Å². The molecule has 1 aromatic rings. The van der Waals surface area contributed by atoms with Gasteiger partial charge in [-0.05, 0) is 30.5 Å². The van der Waals surface area contributed by atoms with Crippen molar-refractivity contribution in [2.45, 2.75) is 45.3 Å². The molecule has 1 aromatic carbocycles. The number of ether oxygens (including phenoxy) is 2. The Morgan fingerprint density at radius 3 is 2.15 bits per heavy atom. The number of methoxy groups -OCH3 is 1. The predicted molar refractivity (Wildman–Crippen MR) is 84.2 cm³/mol. The maximum atomic E-state index is 5.80. The van der Waals surface area contributed by atoms with E-state index >= 15 is 0 Å². The summed E-state index contributed by atoms with van der Waals surface area (Å²) in [7, 11) is 3.66. The van der Waals surface area contributed by atoms with Gasteiger partial charge in [-0.1, -0.05) is 45.0 Å². The average molecular weight is 279 g/mol. The predicted octanol–water partition coefficient (Wildman–Crippen LogP) is 3.30. The van der Waals surface area contributed by atoms with Crippen LogP contribution in [0.1, 0.15) is 44.9 Å². The summed E-state index contributed by atoms with van der Waals surface area (Å²) in [5.74, 6) is 0. The van der Waals surface area contributed by atoms with E-state index in [0.717, 1.165) is 0 Å². The Morgan fingerprint density at radius 2 is 1.70 bits per heavy atom. The van der Waals surface area contributed by atoms with Gasteiger partial charge in [0.1, 0.15) is 0 Å². The maximum absolute atomic E-state index is 5.80. The fourth-order valence-corrected chi connectivity index (χ4v) is 2.10. The second kappa shape index (κ2) is 7.77. The maximum Gasteiger partial charge on any atom is 0.0781 e. The minimum Gasteiger partial charge on any atom is -0.382 e. The molecule has 3 nitrogen and oxygen atoms in total. The van der Waals surface area contributed by atoms with Crippen molar-refractivity contribution in [2.24, 2.45) is 0 Å².